The van der Waals surface area contributed by atoms with Crippen molar-refractivity contribution in [1.82, 2.24) is 9.55 Å². The van der Waals surface area contributed by atoms with E-state index in [9.17, 15) is 9.59 Å². The smallest absolute Gasteiger partial charge is 0.224 e. The standard InChI is InChI=1S/C22H21N3O2S/c1-25-19(15-6-3-2-4-7-15)13-23-22(25)28-14-20(26)17-10-11-18-16(12-17)8-5-9-21(27)24-18/h2-4,6-7,10-13H,5,8-9,14H2,1H3,(H,24,27). The molecular weight excluding hydrogens is 370 g/mol. The zero-order chi connectivity index (χ0) is 19.5. The van der Waals surface area contributed by atoms with Crippen molar-refractivity contribution in [1.29, 1.82) is 0 Å². The number of carbonyl (C=O) groups excluding carboxylic acids is 2. The maximum absolute atomic E-state index is 12.7. The van der Waals surface area contributed by atoms with Crippen molar-refractivity contribution in [3.63, 3.8) is 0 Å². The summed E-state index contributed by atoms with van der Waals surface area (Å²) in [7, 11) is 1.97. The summed E-state index contributed by atoms with van der Waals surface area (Å²) >= 11 is 1.44. The first kappa shape index (κ1) is 18.5. The first-order valence-corrected chi connectivity index (χ1v) is 10.3. The van der Waals surface area contributed by atoms with Crippen molar-refractivity contribution in [2.45, 2.75) is 24.4 Å². The lowest BCUT2D eigenvalue weighted by atomic mass is 10.0. The van der Waals surface area contributed by atoms with Crippen LogP contribution < -0.4 is 5.32 Å². The Balaban J connectivity index is 1.46. The lowest BCUT2D eigenvalue weighted by Crippen LogP contribution is -2.10. The van der Waals surface area contributed by atoms with Gasteiger partial charge in [0.15, 0.2) is 10.9 Å². The van der Waals surface area contributed by atoms with Crippen LogP contribution in [-0.2, 0) is 18.3 Å². The summed E-state index contributed by atoms with van der Waals surface area (Å²) in [6.07, 6.45) is 3.98. The predicted octanol–water partition coefficient (Wildman–Crippen LogP) is 4.34. The molecule has 0 atom stereocenters. The van der Waals surface area contributed by atoms with Gasteiger partial charge >= 0.3 is 0 Å². The summed E-state index contributed by atoms with van der Waals surface area (Å²) in [5, 5.41) is 3.72. The molecule has 0 aliphatic carbocycles. The van der Waals surface area contributed by atoms with Gasteiger partial charge in [0.2, 0.25) is 5.91 Å². The second-order valence-electron chi connectivity index (χ2n) is 6.84. The number of rotatable bonds is 5. The average molecular weight is 391 g/mol. The molecule has 0 fully saturated rings. The van der Waals surface area contributed by atoms with E-state index in [4.69, 9.17) is 0 Å². The monoisotopic (exact) mass is 391 g/mol. The molecule has 1 N–H and O–H groups in total. The van der Waals surface area contributed by atoms with Crippen LogP contribution in [0.15, 0.2) is 59.9 Å². The van der Waals surface area contributed by atoms with Gasteiger partial charge in [-0.2, -0.15) is 0 Å². The number of imidazole rings is 1. The second kappa shape index (κ2) is 8.02. The van der Waals surface area contributed by atoms with Crippen molar-refractivity contribution in [3.05, 3.63) is 65.9 Å². The number of thioether (sulfide) groups is 1. The van der Waals surface area contributed by atoms with E-state index in [1.165, 1.54) is 11.8 Å². The van der Waals surface area contributed by atoms with Crippen LogP contribution in [0.1, 0.15) is 28.8 Å². The predicted molar refractivity (Wildman–Crippen MR) is 112 cm³/mol. The molecule has 1 aliphatic heterocycles. The van der Waals surface area contributed by atoms with Crippen LogP contribution >= 0.6 is 11.8 Å². The first-order chi connectivity index (χ1) is 13.6. The molecule has 5 nitrogen and oxygen atoms in total. The van der Waals surface area contributed by atoms with Gasteiger partial charge in [-0.1, -0.05) is 42.1 Å². The van der Waals surface area contributed by atoms with Crippen LogP contribution in [0.5, 0.6) is 0 Å². The SMILES string of the molecule is Cn1c(-c2ccccc2)cnc1SCC(=O)c1ccc2c(c1)CCCC(=O)N2. The summed E-state index contributed by atoms with van der Waals surface area (Å²) in [4.78, 5) is 28.8. The fourth-order valence-electron chi connectivity index (χ4n) is 3.37. The topological polar surface area (TPSA) is 64.0 Å². The molecule has 0 saturated carbocycles. The quantitative estimate of drug-likeness (QED) is 0.519. The van der Waals surface area contributed by atoms with Crippen LogP contribution in [0, 0.1) is 0 Å². The van der Waals surface area contributed by atoms with Crippen molar-refractivity contribution in [2.75, 3.05) is 11.1 Å². The Morgan fingerprint density at radius 2 is 2.00 bits per heavy atom. The molecule has 3 aromatic rings. The molecule has 1 aromatic heterocycles. The number of fused-ring (bicyclic) bond motifs is 1. The number of hydrogen-bond donors (Lipinski definition) is 1. The maximum Gasteiger partial charge on any atom is 0.224 e. The van der Waals surface area contributed by atoms with Crippen molar-refractivity contribution in [3.8, 4) is 11.3 Å². The minimum atomic E-state index is 0.0392. The number of carbonyl (C=O) groups is 2. The van der Waals surface area contributed by atoms with Gasteiger partial charge in [-0.05, 0) is 42.2 Å². The Hall–Kier alpha value is -2.86. The largest absolute Gasteiger partial charge is 0.326 e. The van der Waals surface area contributed by atoms with E-state index in [1.807, 2.05) is 60.3 Å². The third-order valence-electron chi connectivity index (χ3n) is 4.90. The van der Waals surface area contributed by atoms with Crippen LogP contribution in [0.2, 0.25) is 0 Å². The molecule has 1 amide bonds. The number of ketones is 1. The third-order valence-corrected chi connectivity index (χ3v) is 5.94. The number of anilines is 1. The zero-order valence-corrected chi connectivity index (χ0v) is 16.5. The van der Waals surface area contributed by atoms with E-state index in [0.29, 0.717) is 17.7 Å². The van der Waals surface area contributed by atoms with E-state index >= 15 is 0 Å². The van der Waals surface area contributed by atoms with E-state index in [1.54, 1.807) is 6.07 Å². The van der Waals surface area contributed by atoms with Gasteiger partial charge in [-0.25, -0.2) is 4.98 Å². The summed E-state index contributed by atoms with van der Waals surface area (Å²) in [6.45, 7) is 0. The molecule has 0 unspecified atom stereocenters. The molecule has 1 aliphatic rings. The Bertz CT molecular complexity index is 1030. The minimum absolute atomic E-state index is 0.0392. The highest BCUT2D eigenvalue weighted by molar-refractivity contribution is 7.99. The van der Waals surface area contributed by atoms with Crippen molar-refractivity contribution < 1.29 is 9.59 Å². The molecule has 2 aromatic carbocycles. The first-order valence-electron chi connectivity index (χ1n) is 9.28. The lowest BCUT2D eigenvalue weighted by Gasteiger charge is -2.09. The molecule has 6 heteroatoms. The van der Waals surface area contributed by atoms with E-state index in [0.717, 1.165) is 40.5 Å². The Morgan fingerprint density at radius 1 is 1.18 bits per heavy atom. The number of nitrogens with zero attached hydrogens (tertiary/aromatic N) is 2. The van der Waals surface area contributed by atoms with E-state index in [-0.39, 0.29) is 11.7 Å². The number of amides is 1. The number of nitrogens with one attached hydrogen (secondary N) is 1. The molecule has 0 bridgehead atoms. The highest BCUT2D eigenvalue weighted by atomic mass is 32.2. The number of aryl methyl sites for hydroxylation is 1. The van der Waals surface area contributed by atoms with E-state index in [2.05, 4.69) is 10.3 Å². The van der Waals surface area contributed by atoms with E-state index < -0.39 is 0 Å². The average Bonchev–Trinajstić information content (AvgIpc) is 2.96. The van der Waals surface area contributed by atoms with Gasteiger partial charge < -0.3 is 9.88 Å². The van der Waals surface area contributed by atoms with Gasteiger partial charge in [0.25, 0.3) is 0 Å². The number of aromatic nitrogens is 2. The molecule has 0 radical (unpaired) electrons. The van der Waals surface area contributed by atoms with Crippen LogP contribution in [0.3, 0.4) is 0 Å². The maximum atomic E-state index is 12.7. The lowest BCUT2D eigenvalue weighted by molar-refractivity contribution is -0.116. The van der Waals surface area contributed by atoms with Crippen molar-refractivity contribution in [2.24, 2.45) is 7.05 Å². The summed E-state index contributed by atoms with van der Waals surface area (Å²) < 4.78 is 2.01. The Labute approximate surface area is 168 Å². The third kappa shape index (κ3) is 3.87. The van der Waals surface area contributed by atoms with Gasteiger partial charge in [0, 0.05) is 24.7 Å². The van der Waals surface area contributed by atoms with Crippen molar-refractivity contribution >= 4 is 29.1 Å². The number of Topliss-reactive ketones (excluding diaryl/α,β-unsaturated/α-hetero) is 1. The highest BCUT2D eigenvalue weighted by Crippen LogP contribution is 2.27. The van der Waals surface area contributed by atoms with Gasteiger partial charge in [0.1, 0.15) is 0 Å². The van der Waals surface area contributed by atoms with Crippen LogP contribution in [0.25, 0.3) is 11.3 Å². The zero-order valence-electron chi connectivity index (χ0n) is 15.6. The Morgan fingerprint density at radius 3 is 2.82 bits per heavy atom. The summed E-state index contributed by atoms with van der Waals surface area (Å²) in [5.41, 5.74) is 4.66. The molecular formula is C22H21N3O2S. The van der Waals surface area contributed by atoms with Crippen LogP contribution in [-0.4, -0.2) is 27.0 Å². The number of hydrogen-bond acceptors (Lipinski definition) is 4. The molecule has 4 rings (SSSR count). The molecule has 0 saturated heterocycles. The summed E-state index contributed by atoms with van der Waals surface area (Å²) in [6, 6.07) is 15.6. The van der Waals surface area contributed by atoms with Gasteiger partial charge in [0.05, 0.1) is 17.6 Å². The number of benzene rings is 2. The second-order valence-corrected chi connectivity index (χ2v) is 7.78. The fraction of sp³-hybridized carbons (Fsp3) is 0.227. The Kier molecular flexibility index (Phi) is 5.30. The molecule has 28 heavy (non-hydrogen) atoms. The molecule has 142 valence electrons. The molecule has 0 spiro atoms. The highest BCUT2D eigenvalue weighted by Gasteiger charge is 2.16. The van der Waals surface area contributed by atoms with Crippen LogP contribution in [0.4, 0.5) is 5.69 Å². The summed E-state index contributed by atoms with van der Waals surface area (Å²) in [5.74, 6) is 0.426. The minimum Gasteiger partial charge on any atom is -0.326 e. The normalized spacial score (nSPS) is 13.5. The molecule has 2 heterocycles. The van der Waals surface area contributed by atoms with Gasteiger partial charge in [-0.3, -0.25) is 9.59 Å². The van der Waals surface area contributed by atoms with Gasteiger partial charge in [-0.15, -0.1) is 0 Å². The fourth-order valence-corrected chi connectivity index (χ4v) is 4.21.